The molecule has 0 aliphatic carbocycles. The van der Waals surface area contributed by atoms with Gasteiger partial charge in [-0.05, 0) is 10.9 Å². The predicted molar refractivity (Wildman–Crippen MR) is 69.0 cm³/mol. The summed E-state index contributed by atoms with van der Waals surface area (Å²) in [4.78, 5) is 23.7. The van der Waals surface area contributed by atoms with Gasteiger partial charge in [0.15, 0.2) is 5.78 Å². The fraction of sp³-hybridized carbons (Fsp3) is 0.231. The quantitative estimate of drug-likeness (QED) is 0.477. The molecule has 0 heterocycles. The molecule has 1 aromatic carbocycles. The van der Waals surface area contributed by atoms with Crippen LogP contribution in [0.4, 0.5) is 0 Å². The van der Waals surface area contributed by atoms with Crippen molar-refractivity contribution in [2.24, 2.45) is 5.92 Å². The molecule has 17 heavy (non-hydrogen) atoms. The highest BCUT2D eigenvalue weighted by Crippen LogP contribution is 2.21. The lowest BCUT2D eigenvalue weighted by Crippen LogP contribution is -2.25. The van der Waals surface area contributed by atoms with Crippen molar-refractivity contribution in [2.45, 2.75) is 6.42 Å². The lowest BCUT2D eigenvalue weighted by molar-refractivity contribution is -0.143. The molecular formula is C13H13BrO3. The Kier molecular flexibility index (Phi) is 5.10. The molecule has 0 aromatic heterocycles. The number of hydrogen-bond acceptors (Lipinski definition) is 3. The Morgan fingerprint density at radius 2 is 1.94 bits per heavy atom. The van der Waals surface area contributed by atoms with Gasteiger partial charge < -0.3 is 4.74 Å². The summed E-state index contributed by atoms with van der Waals surface area (Å²) in [6, 6.07) is 8.67. The van der Waals surface area contributed by atoms with Crippen molar-refractivity contribution < 1.29 is 14.3 Å². The average Bonchev–Trinajstić information content (AvgIpc) is 2.35. The van der Waals surface area contributed by atoms with Crippen molar-refractivity contribution in [3.63, 3.8) is 0 Å². The Labute approximate surface area is 109 Å². The van der Waals surface area contributed by atoms with Gasteiger partial charge in [-0.2, -0.15) is 0 Å². The fourth-order valence-electron chi connectivity index (χ4n) is 1.45. The van der Waals surface area contributed by atoms with Crippen LogP contribution in [0, 0.1) is 5.92 Å². The number of ketones is 1. The molecule has 0 aliphatic heterocycles. The van der Waals surface area contributed by atoms with Crippen molar-refractivity contribution >= 4 is 27.7 Å². The fourth-order valence-corrected chi connectivity index (χ4v) is 1.77. The molecule has 0 amide bonds. The molecule has 4 heteroatoms. The van der Waals surface area contributed by atoms with Crippen molar-refractivity contribution in [3.8, 4) is 0 Å². The van der Waals surface area contributed by atoms with Crippen molar-refractivity contribution in [1.82, 2.24) is 0 Å². The Morgan fingerprint density at radius 3 is 2.41 bits per heavy atom. The molecule has 1 unspecified atom stereocenters. The molecular weight excluding hydrogens is 284 g/mol. The van der Waals surface area contributed by atoms with E-state index in [0.717, 1.165) is 0 Å². The van der Waals surface area contributed by atoms with Crippen LogP contribution in [0.3, 0.4) is 0 Å². The summed E-state index contributed by atoms with van der Waals surface area (Å²) in [6.07, 6.45) is 0.237. The second-order valence-electron chi connectivity index (χ2n) is 3.53. The summed E-state index contributed by atoms with van der Waals surface area (Å²) >= 11 is 3.16. The van der Waals surface area contributed by atoms with Crippen LogP contribution in [-0.2, 0) is 9.53 Å². The van der Waals surface area contributed by atoms with E-state index in [2.05, 4.69) is 27.2 Å². The Morgan fingerprint density at radius 1 is 1.35 bits per heavy atom. The van der Waals surface area contributed by atoms with E-state index in [1.165, 1.54) is 7.11 Å². The zero-order valence-electron chi connectivity index (χ0n) is 9.48. The monoisotopic (exact) mass is 296 g/mol. The zero-order valence-corrected chi connectivity index (χ0v) is 11.1. The summed E-state index contributed by atoms with van der Waals surface area (Å²) < 4.78 is 5.23. The molecule has 0 aliphatic rings. The maximum atomic E-state index is 12.1. The van der Waals surface area contributed by atoms with Crippen LogP contribution in [-0.4, -0.2) is 18.9 Å². The largest absolute Gasteiger partial charge is 0.468 e. The summed E-state index contributed by atoms with van der Waals surface area (Å²) in [5.74, 6) is -1.63. The van der Waals surface area contributed by atoms with Crippen LogP contribution >= 0.6 is 15.9 Å². The minimum Gasteiger partial charge on any atom is -0.468 e. The normalized spacial score (nSPS) is 11.6. The van der Waals surface area contributed by atoms with E-state index in [0.29, 0.717) is 10.0 Å². The molecule has 1 atom stereocenters. The Bertz CT molecular complexity index is 426. The minimum absolute atomic E-state index is 0.237. The first-order chi connectivity index (χ1) is 8.06. The predicted octanol–water partition coefficient (Wildman–Crippen LogP) is 2.96. The first-order valence-corrected chi connectivity index (χ1v) is 5.86. The molecule has 1 rings (SSSR count). The number of benzene rings is 1. The van der Waals surface area contributed by atoms with Gasteiger partial charge in [0, 0.05) is 5.56 Å². The summed E-state index contributed by atoms with van der Waals surface area (Å²) in [5, 5.41) is 0. The van der Waals surface area contributed by atoms with E-state index >= 15 is 0 Å². The summed E-state index contributed by atoms with van der Waals surface area (Å²) in [5.41, 5.74) is 0.497. The highest BCUT2D eigenvalue weighted by molar-refractivity contribution is 9.11. The minimum atomic E-state index is -0.839. The van der Waals surface area contributed by atoms with Gasteiger partial charge in [-0.15, -0.1) is 0 Å². The van der Waals surface area contributed by atoms with Crippen LogP contribution in [0.25, 0.3) is 0 Å². The third-order valence-electron chi connectivity index (χ3n) is 2.29. The molecule has 0 bridgehead atoms. The number of rotatable bonds is 5. The molecule has 1 aromatic rings. The summed E-state index contributed by atoms with van der Waals surface area (Å²) in [7, 11) is 1.27. The number of carbonyl (C=O) groups is 2. The van der Waals surface area contributed by atoms with Crippen LogP contribution in [0.2, 0.25) is 0 Å². The Hall–Kier alpha value is -1.42. The summed E-state index contributed by atoms with van der Waals surface area (Å²) in [6.45, 7) is 3.64. The van der Waals surface area contributed by atoms with Gasteiger partial charge in [0.05, 0.1) is 7.11 Å². The molecule has 90 valence electrons. The molecule has 0 saturated carbocycles. The van der Waals surface area contributed by atoms with Gasteiger partial charge in [-0.25, -0.2) is 0 Å². The van der Waals surface area contributed by atoms with E-state index in [1.807, 2.05) is 6.07 Å². The topological polar surface area (TPSA) is 43.4 Å². The zero-order chi connectivity index (χ0) is 12.8. The third kappa shape index (κ3) is 3.82. The Balaban J connectivity index is 2.94. The van der Waals surface area contributed by atoms with E-state index < -0.39 is 11.9 Å². The lowest BCUT2D eigenvalue weighted by atomic mass is 9.95. The van der Waals surface area contributed by atoms with Crippen molar-refractivity contribution in [1.29, 1.82) is 0 Å². The number of halogens is 1. The maximum Gasteiger partial charge on any atom is 0.316 e. The number of Topliss-reactive ketones (excluding diaryl/α,β-unsaturated/α-hetero) is 1. The molecule has 0 radical (unpaired) electrons. The van der Waals surface area contributed by atoms with Gasteiger partial charge in [-0.1, -0.05) is 52.8 Å². The highest BCUT2D eigenvalue weighted by Gasteiger charge is 2.28. The molecule has 3 nitrogen and oxygen atoms in total. The van der Waals surface area contributed by atoms with Crippen LogP contribution in [0.15, 0.2) is 41.4 Å². The number of allylic oxidation sites excluding steroid dienone is 1. The van der Waals surface area contributed by atoms with Gasteiger partial charge in [0.2, 0.25) is 0 Å². The van der Waals surface area contributed by atoms with E-state index in [4.69, 9.17) is 0 Å². The maximum absolute atomic E-state index is 12.1. The average molecular weight is 297 g/mol. The molecule has 0 fully saturated rings. The van der Waals surface area contributed by atoms with Crippen LogP contribution < -0.4 is 0 Å². The van der Waals surface area contributed by atoms with E-state index in [1.54, 1.807) is 24.3 Å². The van der Waals surface area contributed by atoms with Crippen molar-refractivity contribution in [3.05, 3.63) is 47.0 Å². The molecule has 0 saturated heterocycles. The number of hydrogen-bond donors (Lipinski definition) is 0. The van der Waals surface area contributed by atoms with Crippen LogP contribution in [0.5, 0.6) is 0 Å². The smallest absolute Gasteiger partial charge is 0.316 e. The van der Waals surface area contributed by atoms with Gasteiger partial charge >= 0.3 is 5.97 Å². The van der Waals surface area contributed by atoms with E-state index in [9.17, 15) is 9.59 Å². The first kappa shape index (κ1) is 13.6. The van der Waals surface area contributed by atoms with E-state index in [-0.39, 0.29) is 12.2 Å². The third-order valence-corrected chi connectivity index (χ3v) is 2.61. The SMILES string of the molecule is C=C(Br)CC(C(=O)OC)C(=O)c1ccccc1. The number of esters is 1. The van der Waals surface area contributed by atoms with Gasteiger partial charge in [-0.3, -0.25) is 9.59 Å². The number of methoxy groups -OCH3 is 1. The second kappa shape index (κ2) is 6.35. The first-order valence-electron chi connectivity index (χ1n) is 5.06. The lowest BCUT2D eigenvalue weighted by Gasteiger charge is -2.12. The number of carbonyl (C=O) groups excluding carboxylic acids is 2. The standard InChI is InChI=1S/C13H13BrO3/c1-9(14)8-11(13(16)17-2)12(15)10-6-4-3-5-7-10/h3-7,11H,1,8H2,2H3. The van der Waals surface area contributed by atoms with Crippen LogP contribution in [0.1, 0.15) is 16.8 Å². The molecule has 0 spiro atoms. The van der Waals surface area contributed by atoms with Gasteiger partial charge in [0.25, 0.3) is 0 Å². The molecule has 0 N–H and O–H groups in total. The second-order valence-corrected chi connectivity index (χ2v) is 4.65. The van der Waals surface area contributed by atoms with Crippen molar-refractivity contribution in [2.75, 3.05) is 7.11 Å². The van der Waals surface area contributed by atoms with Gasteiger partial charge in [0.1, 0.15) is 5.92 Å². The highest BCUT2D eigenvalue weighted by atomic mass is 79.9. The number of ether oxygens (including phenoxy) is 1.